The number of hydrogen-bond donors (Lipinski definition) is 2. The topological polar surface area (TPSA) is 76.2 Å². The van der Waals surface area contributed by atoms with Crippen LogP contribution in [0.4, 0.5) is 0 Å². The Labute approximate surface area is 106 Å². The molecule has 1 aromatic heterocycles. The average Bonchev–Trinajstić information content (AvgIpc) is 2.96. The molecule has 1 aliphatic carbocycles. The zero-order chi connectivity index (χ0) is 12.1. The molecule has 1 fully saturated rings. The highest BCUT2D eigenvalue weighted by Gasteiger charge is 2.14. The molecule has 0 unspecified atom stereocenters. The fourth-order valence-corrected chi connectivity index (χ4v) is 2.68. The minimum Gasteiger partial charge on any atom is -0.370 e. The van der Waals surface area contributed by atoms with Crippen LogP contribution in [0.5, 0.6) is 0 Å². The van der Waals surface area contributed by atoms with E-state index in [9.17, 15) is 0 Å². The first-order chi connectivity index (χ1) is 8.28. The van der Waals surface area contributed by atoms with Crippen LogP contribution in [0.25, 0.3) is 0 Å². The number of rotatable bonds is 4. The van der Waals surface area contributed by atoms with Gasteiger partial charge in [-0.05, 0) is 19.3 Å². The number of nitrogens with zero attached hydrogens (tertiary/aromatic N) is 3. The van der Waals surface area contributed by atoms with Gasteiger partial charge in [0, 0.05) is 6.04 Å². The van der Waals surface area contributed by atoms with Crippen LogP contribution in [0, 0.1) is 0 Å². The smallest absolute Gasteiger partial charge is 0.189 e. The summed E-state index contributed by atoms with van der Waals surface area (Å²) in [6.07, 6.45) is 5.92. The van der Waals surface area contributed by atoms with E-state index in [1.807, 2.05) is 0 Å². The molecule has 0 saturated heterocycles. The van der Waals surface area contributed by atoms with E-state index in [1.54, 1.807) is 11.3 Å². The van der Waals surface area contributed by atoms with Gasteiger partial charge in [0.1, 0.15) is 10.0 Å². The highest BCUT2D eigenvalue weighted by atomic mass is 32.1. The molecule has 0 amide bonds. The Morgan fingerprint density at radius 3 is 2.76 bits per heavy atom. The number of nitrogens with two attached hydrogens (primary N) is 1. The maximum absolute atomic E-state index is 5.84. The van der Waals surface area contributed by atoms with Gasteiger partial charge in [0.25, 0.3) is 0 Å². The molecule has 0 bridgehead atoms. The number of aliphatic imine (C=N–C) groups is 1. The Kier molecular flexibility index (Phi) is 4.30. The van der Waals surface area contributed by atoms with Gasteiger partial charge < -0.3 is 11.1 Å². The Morgan fingerprint density at radius 1 is 1.41 bits per heavy atom. The lowest BCUT2D eigenvalue weighted by Crippen LogP contribution is -2.38. The normalized spacial score (nSPS) is 17.6. The van der Waals surface area contributed by atoms with Crippen LogP contribution in [-0.2, 0) is 13.0 Å². The molecule has 5 nitrogen and oxygen atoms in total. The largest absolute Gasteiger partial charge is 0.370 e. The van der Waals surface area contributed by atoms with Crippen molar-refractivity contribution < 1.29 is 0 Å². The third kappa shape index (κ3) is 3.66. The van der Waals surface area contributed by atoms with Crippen LogP contribution >= 0.6 is 11.3 Å². The number of aryl methyl sites for hydroxylation is 1. The summed E-state index contributed by atoms with van der Waals surface area (Å²) in [6, 6.07) is 0.513. The van der Waals surface area contributed by atoms with Crippen LogP contribution in [0.15, 0.2) is 4.99 Å². The van der Waals surface area contributed by atoms with E-state index in [1.165, 1.54) is 25.7 Å². The molecule has 0 radical (unpaired) electrons. The standard InChI is InChI=1S/C11H19N5S/c1-2-9-15-16-10(17-9)7-13-11(12)14-8-5-3-4-6-8/h8H,2-7H2,1H3,(H3,12,13,14). The highest BCUT2D eigenvalue weighted by Crippen LogP contribution is 2.17. The second-order valence-corrected chi connectivity index (χ2v) is 5.42. The fourth-order valence-electron chi connectivity index (χ4n) is 1.97. The number of aromatic nitrogens is 2. The summed E-state index contributed by atoms with van der Waals surface area (Å²) in [4.78, 5) is 4.30. The van der Waals surface area contributed by atoms with Gasteiger partial charge in [-0.3, -0.25) is 0 Å². The zero-order valence-electron chi connectivity index (χ0n) is 10.1. The van der Waals surface area contributed by atoms with E-state index in [0.717, 1.165) is 16.4 Å². The molecule has 1 aromatic rings. The molecule has 0 aliphatic heterocycles. The Bertz CT molecular complexity index is 381. The molecule has 2 rings (SSSR count). The van der Waals surface area contributed by atoms with Crippen LogP contribution in [0.3, 0.4) is 0 Å². The maximum atomic E-state index is 5.84. The molecular weight excluding hydrogens is 234 g/mol. The lowest BCUT2D eigenvalue weighted by molar-refractivity contribution is 0.625. The average molecular weight is 253 g/mol. The van der Waals surface area contributed by atoms with Crippen molar-refractivity contribution in [1.29, 1.82) is 0 Å². The van der Waals surface area contributed by atoms with Crippen LogP contribution < -0.4 is 11.1 Å². The van der Waals surface area contributed by atoms with Crippen molar-refractivity contribution in [2.24, 2.45) is 10.7 Å². The van der Waals surface area contributed by atoms with Gasteiger partial charge >= 0.3 is 0 Å². The molecule has 1 aliphatic rings. The predicted molar refractivity (Wildman–Crippen MR) is 70.0 cm³/mol. The molecule has 1 saturated carbocycles. The van der Waals surface area contributed by atoms with E-state index in [0.29, 0.717) is 18.5 Å². The van der Waals surface area contributed by atoms with Crippen molar-refractivity contribution in [3.8, 4) is 0 Å². The summed E-state index contributed by atoms with van der Waals surface area (Å²) in [5.41, 5.74) is 5.84. The molecule has 94 valence electrons. The Balaban J connectivity index is 1.82. The summed E-state index contributed by atoms with van der Waals surface area (Å²) >= 11 is 1.60. The molecule has 1 heterocycles. The van der Waals surface area contributed by atoms with E-state index in [-0.39, 0.29) is 0 Å². The first kappa shape index (κ1) is 12.3. The van der Waals surface area contributed by atoms with Crippen molar-refractivity contribution in [3.63, 3.8) is 0 Å². The molecule has 0 aromatic carbocycles. The summed E-state index contributed by atoms with van der Waals surface area (Å²) in [5, 5.41) is 13.4. The number of guanidine groups is 1. The lowest BCUT2D eigenvalue weighted by Gasteiger charge is -2.11. The van der Waals surface area contributed by atoms with Gasteiger partial charge in [-0.25, -0.2) is 4.99 Å². The minimum absolute atomic E-state index is 0.513. The predicted octanol–water partition coefficient (Wildman–Crippen LogP) is 1.45. The van der Waals surface area contributed by atoms with Crippen molar-refractivity contribution in [2.45, 2.75) is 51.6 Å². The summed E-state index contributed by atoms with van der Waals surface area (Å²) in [6.45, 7) is 2.60. The van der Waals surface area contributed by atoms with Gasteiger partial charge in [0.15, 0.2) is 5.96 Å². The van der Waals surface area contributed by atoms with E-state index < -0.39 is 0 Å². The second-order valence-electron chi connectivity index (χ2n) is 4.27. The summed E-state index contributed by atoms with van der Waals surface area (Å²) < 4.78 is 0. The lowest BCUT2D eigenvalue weighted by atomic mass is 10.2. The van der Waals surface area contributed by atoms with Crippen molar-refractivity contribution in [2.75, 3.05) is 0 Å². The molecular formula is C11H19N5S. The third-order valence-corrected chi connectivity index (χ3v) is 3.96. The van der Waals surface area contributed by atoms with Crippen LogP contribution in [0.2, 0.25) is 0 Å². The Morgan fingerprint density at radius 2 is 2.12 bits per heavy atom. The van der Waals surface area contributed by atoms with Gasteiger partial charge in [-0.15, -0.1) is 10.2 Å². The van der Waals surface area contributed by atoms with Crippen molar-refractivity contribution >= 4 is 17.3 Å². The molecule has 17 heavy (non-hydrogen) atoms. The minimum atomic E-state index is 0.513. The fraction of sp³-hybridized carbons (Fsp3) is 0.727. The summed E-state index contributed by atoms with van der Waals surface area (Å²) in [5.74, 6) is 0.533. The van der Waals surface area contributed by atoms with E-state index in [2.05, 4.69) is 27.4 Å². The van der Waals surface area contributed by atoms with Gasteiger partial charge in [0.05, 0.1) is 6.54 Å². The molecule has 0 atom stereocenters. The van der Waals surface area contributed by atoms with E-state index in [4.69, 9.17) is 5.73 Å². The first-order valence-corrected chi connectivity index (χ1v) is 6.97. The zero-order valence-corrected chi connectivity index (χ0v) is 11.0. The highest BCUT2D eigenvalue weighted by molar-refractivity contribution is 7.11. The first-order valence-electron chi connectivity index (χ1n) is 6.15. The maximum Gasteiger partial charge on any atom is 0.189 e. The van der Waals surface area contributed by atoms with Crippen LogP contribution in [-0.4, -0.2) is 22.2 Å². The molecule has 0 spiro atoms. The van der Waals surface area contributed by atoms with Gasteiger partial charge in [-0.2, -0.15) is 0 Å². The van der Waals surface area contributed by atoms with Crippen molar-refractivity contribution in [3.05, 3.63) is 10.0 Å². The van der Waals surface area contributed by atoms with Crippen LogP contribution in [0.1, 0.15) is 42.6 Å². The SMILES string of the molecule is CCc1nnc(CN=C(N)NC2CCCC2)s1. The monoisotopic (exact) mass is 253 g/mol. The second kappa shape index (κ2) is 5.95. The Hall–Kier alpha value is -1.17. The third-order valence-electron chi connectivity index (χ3n) is 2.90. The molecule has 6 heteroatoms. The quantitative estimate of drug-likeness (QED) is 0.629. The van der Waals surface area contributed by atoms with Crippen molar-refractivity contribution in [1.82, 2.24) is 15.5 Å². The number of nitrogens with one attached hydrogen (secondary N) is 1. The van der Waals surface area contributed by atoms with Gasteiger partial charge in [-0.1, -0.05) is 31.1 Å². The number of hydrogen-bond acceptors (Lipinski definition) is 4. The van der Waals surface area contributed by atoms with E-state index >= 15 is 0 Å². The molecule has 3 N–H and O–H groups in total. The van der Waals surface area contributed by atoms with Gasteiger partial charge in [0.2, 0.25) is 0 Å². The summed E-state index contributed by atoms with van der Waals surface area (Å²) in [7, 11) is 0.